The molecule has 0 saturated heterocycles. The van der Waals surface area contributed by atoms with Gasteiger partial charge in [-0.15, -0.1) is 0 Å². The van der Waals surface area contributed by atoms with Crippen molar-refractivity contribution in [2.45, 2.75) is 0 Å². The third-order valence-electron chi connectivity index (χ3n) is 7.77. The third-order valence-corrected chi connectivity index (χ3v) is 7.77. The van der Waals surface area contributed by atoms with Crippen LogP contribution in [0, 0.1) is 0 Å². The van der Waals surface area contributed by atoms with Gasteiger partial charge in [0.1, 0.15) is 0 Å². The maximum atomic E-state index is 9.12. The maximum absolute atomic E-state index is 9.12. The molecule has 8 rings (SSSR count). The van der Waals surface area contributed by atoms with Gasteiger partial charge in [-0.2, -0.15) is 0 Å². The summed E-state index contributed by atoms with van der Waals surface area (Å²) in [6.45, 7) is 0. The van der Waals surface area contributed by atoms with E-state index in [2.05, 4.69) is 60.7 Å². The number of rotatable bonds is 3. The van der Waals surface area contributed by atoms with Crippen LogP contribution in [-0.2, 0) is 0 Å². The van der Waals surface area contributed by atoms with Gasteiger partial charge in [-0.25, -0.2) is 0 Å². The number of benzene rings is 8. The smallest absolute Gasteiger partial charge is 0.0616 e. The highest BCUT2D eigenvalue weighted by molar-refractivity contribution is 6.23. The summed E-state index contributed by atoms with van der Waals surface area (Å²) in [6, 6.07) is 36.3. The maximum Gasteiger partial charge on any atom is 0.0629 e. The van der Waals surface area contributed by atoms with Gasteiger partial charge in [0.15, 0.2) is 0 Å². The van der Waals surface area contributed by atoms with E-state index in [0.717, 1.165) is 43.8 Å². The molecule has 0 radical (unpaired) electrons. The molecule has 0 N–H and O–H groups in total. The summed E-state index contributed by atoms with van der Waals surface area (Å²) in [5.74, 6) is 0. The molecule has 0 heterocycles. The lowest BCUT2D eigenvalue weighted by molar-refractivity contribution is 1.63. The predicted molar refractivity (Wildman–Crippen MR) is 173 cm³/mol. The molecule has 186 valence electrons. The Morgan fingerprint density at radius 1 is 0.325 bits per heavy atom. The van der Waals surface area contributed by atoms with Crippen LogP contribution in [0.4, 0.5) is 0 Å². The van der Waals surface area contributed by atoms with E-state index < -0.39 is 12.1 Å². The molecule has 0 amide bonds. The molecule has 0 aromatic heterocycles. The zero-order valence-electron chi connectivity index (χ0n) is 28.5. The average molecular weight is 514 g/mol. The fourth-order valence-corrected chi connectivity index (χ4v) is 6.00. The topological polar surface area (TPSA) is 0 Å². The Morgan fingerprint density at radius 3 is 1.60 bits per heavy atom. The summed E-state index contributed by atoms with van der Waals surface area (Å²) in [5, 5.41) is 5.81. The summed E-state index contributed by atoms with van der Waals surface area (Å²) in [4.78, 5) is 0. The average Bonchev–Trinajstić information content (AvgIpc) is 3.11. The molecule has 0 unspecified atom stereocenters. The first-order valence-corrected chi connectivity index (χ1v) is 13.3. The minimum Gasteiger partial charge on any atom is -0.0616 e. The van der Waals surface area contributed by atoms with Crippen LogP contribution in [0.1, 0.15) is 9.60 Å². The standard InChI is InChI=1S/C40H26/c1-3-15-31-27(11-1)13-9-21-32(31)29-23-25-30(26-24-29)39-35-17-5-7-19-37(35)40(38-20-8-6-18-36(38)39)34-22-10-14-28-12-2-4-16-33(28)34/h1-26H/i2D,4D,10D,12D,14D,16D,22D. The minimum absolute atomic E-state index is 0.0479. The lowest BCUT2D eigenvalue weighted by atomic mass is 9.84. The number of hydrogen-bond donors (Lipinski definition) is 0. The van der Waals surface area contributed by atoms with Gasteiger partial charge in [0.05, 0.1) is 9.60 Å². The van der Waals surface area contributed by atoms with Gasteiger partial charge in [-0.05, 0) is 76.5 Å². The first-order valence-electron chi connectivity index (χ1n) is 16.8. The van der Waals surface area contributed by atoms with Crippen molar-refractivity contribution in [1.29, 1.82) is 0 Å². The monoisotopic (exact) mass is 513 g/mol. The van der Waals surface area contributed by atoms with Crippen molar-refractivity contribution in [3.05, 3.63) is 158 Å². The van der Waals surface area contributed by atoms with Gasteiger partial charge < -0.3 is 0 Å². The zero-order chi connectivity index (χ0) is 32.6. The first kappa shape index (κ1) is 16.7. The molecule has 0 saturated carbocycles. The second kappa shape index (κ2) is 9.22. The van der Waals surface area contributed by atoms with Crippen molar-refractivity contribution in [2.75, 3.05) is 0 Å². The van der Waals surface area contributed by atoms with Crippen LogP contribution in [0.3, 0.4) is 0 Å². The third kappa shape index (κ3) is 3.54. The normalized spacial score (nSPS) is 13.9. The lowest BCUT2D eigenvalue weighted by Gasteiger charge is -2.19. The van der Waals surface area contributed by atoms with E-state index in [9.17, 15) is 0 Å². The van der Waals surface area contributed by atoms with Crippen LogP contribution < -0.4 is 0 Å². The van der Waals surface area contributed by atoms with Gasteiger partial charge in [-0.1, -0.05) is 158 Å². The summed E-state index contributed by atoms with van der Waals surface area (Å²) in [6.07, 6.45) is 0. The van der Waals surface area contributed by atoms with E-state index in [1.54, 1.807) is 0 Å². The summed E-state index contributed by atoms with van der Waals surface area (Å²) in [7, 11) is 0. The Balaban J connectivity index is 1.45. The van der Waals surface area contributed by atoms with Gasteiger partial charge >= 0.3 is 0 Å². The van der Waals surface area contributed by atoms with Crippen LogP contribution >= 0.6 is 0 Å². The van der Waals surface area contributed by atoms with Crippen LogP contribution in [0.25, 0.3) is 76.5 Å². The first-order chi connectivity index (χ1) is 22.8. The summed E-state index contributed by atoms with van der Waals surface area (Å²) in [5.41, 5.74) is 5.12. The van der Waals surface area contributed by atoms with Crippen LogP contribution in [0.2, 0.25) is 0 Å². The van der Waals surface area contributed by atoms with Crippen molar-refractivity contribution in [3.63, 3.8) is 0 Å². The van der Waals surface area contributed by atoms with E-state index in [0.29, 0.717) is 5.56 Å². The number of fused-ring (bicyclic) bond motifs is 4. The molecule has 0 bridgehead atoms. The molecule has 0 aliphatic rings. The van der Waals surface area contributed by atoms with E-state index >= 15 is 0 Å². The van der Waals surface area contributed by atoms with Crippen molar-refractivity contribution in [1.82, 2.24) is 0 Å². The minimum atomic E-state index is -0.462. The molecule has 0 heteroatoms. The summed E-state index contributed by atoms with van der Waals surface area (Å²) < 4.78 is 60.7. The summed E-state index contributed by atoms with van der Waals surface area (Å²) >= 11 is 0. The Morgan fingerprint density at radius 2 is 0.875 bits per heavy atom. The highest BCUT2D eigenvalue weighted by Gasteiger charge is 2.17. The fraction of sp³-hybridized carbons (Fsp3) is 0. The largest absolute Gasteiger partial charge is 0.0629 e. The van der Waals surface area contributed by atoms with E-state index in [1.165, 1.54) is 10.8 Å². The van der Waals surface area contributed by atoms with Crippen molar-refractivity contribution in [3.8, 4) is 33.4 Å². The molecule has 8 aromatic rings. The van der Waals surface area contributed by atoms with Gasteiger partial charge in [0.25, 0.3) is 0 Å². The van der Waals surface area contributed by atoms with E-state index in [4.69, 9.17) is 9.60 Å². The lowest BCUT2D eigenvalue weighted by Crippen LogP contribution is -1.91. The van der Waals surface area contributed by atoms with Crippen LogP contribution in [0.5, 0.6) is 0 Å². The van der Waals surface area contributed by atoms with Gasteiger partial charge in [0, 0.05) is 0 Å². The molecule has 0 spiro atoms. The molecule has 0 aliphatic carbocycles. The molecule has 8 aromatic carbocycles. The van der Waals surface area contributed by atoms with Crippen molar-refractivity contribution < 1.29 is 9.60 Å². The van der Waals surface area contributed by atoms with Crippen LogP contribution in [-0.4, -0.2) is 0 Å². The van der Waals surface area contributed by atoms with E-state index in [1.807, 2.05) is 54.6 Å². The Kier molecular flexibility index (Phi) is 3.85. The highest BCUT2D eigenvalue weighted by Crippen LogP contribution is 2.45. The quantitative estimate of drug-likeness (QED) is 0.206. The van der Waals surface area contributed by atoms with E-state index in [-0.39, 0.29) is 46.5 Å². The fourth-order valence-electron chi connectivity index (χ4n) is 6.00. The number of hydrogen-bond acceptors (Lipinski definition) is 0. The molecule has 0 atom stereocenters. The Labute approximate surface area is 243 Å². The molecule has 40 heavy (non-hydrogen) atoms. The molecule has 0 aliphatic heterocycles. The van der Waals surface area contributed by atoms with Crippen molar-refractivity contribution >= 4 is 43.1 Å². The van der Waals surface area contributed by atoms with Crippen LogP contribution in [0.15, 0.2) is 158 Å². The van der Waals surface area contributed by atoms with Crippen molar-refractivity contribution in [2.24, 2.45) is 0 Å². The molecule has 0 fully saturated rings. The SMILES string of the molecule is [2H]c1c([2H])c([2H])c2c(-c3c4ccccc4c(-c4ccc(-c5cccc6ccccc56)cc4)c4ccccc34)c([2H])c([2H])c([2H])c2c1[2H]. The predicted octanol–water partition coefficient (Wildman–Crippen LogP) is 11.3. The second-order valence-corrected chi connectivity index (χ2v) is 9.95. The van der Waals surface area contributed by atoms with Gasteiger partial charge in [0.2, 0.25) is 0 Å². The molecular weight excluding hydrogens is 480 g/mol. The zero-order valence-corrected chi connectivity index (χ0v) is 21.5. The second-order valence-electron chi connectivity index (χ2n) is 9.95. The molecular formula is C40H26. The highest BCUT2D eigenvalue weighted by atomic mass is 14.2. The Hall–Kier alpha value is -5.20. The van der Waals surface area contributed by atoms with Gasteiger partial charge in [-0.3, -0.25) is 0 Å². The molecule has 0 nitrogen and oxygen atoms in total. The Bertz CT molecular complexity index is 2520.